The molecule has 0 saturated carbocycles. The van der Waals surface area contributed by atoms with Crippen LogP contribution >= 0.6 is 12.2 Å². The molecular weight excluding hydrogens is 154 g/mol. The van der Waals surface area contributed by atoms with E-state index < -0.39 is 0 Å². The van der Waals surface area contributed by atoms with Gasteiger partial charge < -0.3 is 4.90 Å². The molecule has 1 unspecified atom stereocenters. The molecule has 1 saturated heterocycles. The minimum absolute atomic E-state index is 0.806. The Morgan fingerprint density at radius 2 is 2.18 bits per heavy atom. The Morgan fingerprint density at radius 1 is 1.55 bits per heavy atom. The van der Waals surface area contributed by atoms with Gasteiger partial charge in [-0.05, 0) is 24.7 Å². The Hall–Kier alpha value is -0.110. The number of rotatable bonds is 1. The third kappa shape index (κ3) is 2.16. The van der Waals surface area contributed by atoms with E-state index >= 15 is 0 Å². The molecule has 2 heteroatoms. The van der Waals surface area contributed by atoms with Gasteiger partial charge in [-0.3, -0.25) is 0 Å². The van der Waals surface area contributed by atoms with Crippen molar-refractivity contribution in [2.24, 2.45) is 11.8 Å². The Labute approximate surface area is 74.8 Å². The Bertz CT molecular complexity index is 154. The van der Waals surface area contributed by atoms with Crippen molar-refractivity contribution in [3.8, 4) is 0 Å². The fourth-order valence-corrected chi connectivity index (χ4v) is 1.78. The molecule has 11 heavy (non-hydrogen) atoms. The van der Waals surface area contributed by atoms with Crippen molar-refractivity contribution in [3.05, 3.63) is 0 Å². The number of thiocarbonyl (C=S) groups is 1. The lowest BCUT2D eigenvalue weighted by Crippen LogP contribution is -2.37. The van der Waals surface area contributed by atoms with Crippen LogP contribution in [-0.2, 0) is 0 Å². The van der Waals surface area contributed by atoms with E-state index in [1.165, 1.54) is 6.42 Å². The minimum atomic E-state index is 0.806. The molecule has 1 aliphatic rings. The summed E-state index contributed by atoms with van der Waals surface area (Å²) in [5, 5.41) is 0. The van der Waals surface area contributed by atoms with Crippen LogP contribution in [-0.4, -0.2) is 23.5 Å². The Kier molecular flexibility index (Phi) is 2.88. The van der Waals surface area contributed by atoms with Gasteiger partial charge in [-0.1, -0.05) is 26.1 Å². The summed E-state index contributed by atoms with van der Waals surface area (Å²) in [5.41, 5.74) is 0. The van der Waals surface area contributed by atoms with E-state index in [9.17, 15) is 0 Å². The zero-order chi connectivity index (χ0) is 8.43. The summed E-state index contributed by atoms with van der Waals surface area (Å²) in [6.07, 6.45) is 2.41. The molecular formula is C9H17NS. The number of hydrogen-bond donors (Lipinski definition) is 0. The first kappa shape index (κ1) is 8.98. The minimum Gasteiger partial charge on any atom is -0.369 e. The maximum atomic E-state index is 5.19. The summed E-state index contributed by atoms with van der Waals surface area (Å²) in [6.45, 7) is 5.76. The second-order valence-electron chi connectivity index (χ2n) is 3.82. The predicted molar refractivity (Wildman–Crippen MR) is 52.8 cm³/mol. The molecule has 1 nitrogen and oxygen atoms in total. The highest BCUT2D eigenvalue weighted by Gasteiger charge is 2.22. The van der Waals surface area contributed by atoms with Crippen LogP contribution in [0, 0.1) is 11.8 Å². The number of hydrogen-bond acceptors (Lipinski definition) is 1. The van der Waals surface area contributed by atoms with Crippen molar-refractivity contribution in [3.63, 3.8) is 0 Å². The van der Waals surface area contributed by atoms with Crippen molar-refractivity contribution in [2.75, 3.05) is 13.6 Å². The first-order chi connectivity index (χ1) is 5.11. The van der Waals surface area contributed by atoms with Gasteiger partial charge in [0.25, 0.3) is 0 Å². The van der Waals surface area contributed by atoms with E-state index in [0.29, 0.717) is 0 Å². The molecule has 0 N–H and O–H groups in total. The predicted octanol–water partition coefficient (Wildman–Crippen LogP) is 2.31. The first-order valence-corrected chi connectivity index (χ1v) is 4.76. The topological polar surface area (TPSA) is 3.24 Å². The molecule has 0 radical (unpaired) electrons. The molecule has 1 aliphatic heterocycles. The Morgan fingerprint density at radius 3 is 2.64 bits per heavy atom. The highest BCUT2D eigenvalue weighted by atomic mass is 32.1. The van der Waals surface area contributed by atoms with E-state index in [1.807, 2.05) is 0 Å². The molecule has 0 aromatic rings. The van der Waals surface area contributed by atoms with Crippen molar-refractivity contribution >= 4 is 17.2 Å². The average molecular weight is 171 g/mol. The highest BCUT2D eigenvalue weighted by molar-refractivity contribution is 7.80. The van der Waals surface area contributed by atoms with Crippen LogP contribution in [0.3, 0.4) is 0 Å². The Balaban J connectivity index is 2.46. The van der Waals surface area contributed by atoms with Crippen LogP contribution in [0.4, 0.5) is 0 Å². The second kappa shape index (κ2) is 3.53. The quantitative estimate of drug-likeness (QED) is 0.557. The molecule has 0 spiro atoms. The SMILES string of the molecule is CC(C)C1CCC(=S)N(C)C1. The van der Waals surface area contributed by atoms with E-state index in [2.05, 4.69) is 25.8 Å². The molecule has 0 aromatic carbocycles. The van der Waals surface area contributed by atoms with Crippen LogP contribution in [0.2, 0.25) is 0 Å². The van der Waals surface area contributed by atoms with E-state index in [0.717, 1.165) is 29.8 Å². The molecule has 0 bridgehead atoms. The molecule has 0 aromatic heterocycles. The smallest absolute Gasteiger partial charge is 0.0776 e. The van der Waals surface area contributed by atoms with Gasteiger partial charge in [0, 0.05) is 13.6 Å². The van der Waals surface area contributed by atoms with Crippen LogP contribution in [0.25, 0.3) is 0 Å². The molecule has 1 heterocycles. The molecule has 1 fully saturated rings. The van der Waals surface area contributed by atoms with Crippen LogP contribution in [0.1, 0.15) is 26.7 Å². The molecule has 1 rings (SSSR count). The summed E-state index contributed by atoms with van der Waals surface area (Å²) < 4.78 is 0. The van der Waals surface area contributed by atoms with Gasteiger partial charge in [0.2, 0.25) is 0 Å². The van der Waals surface area contributed by atoms with Gasteiger partial charge in [0.15, 0.2) is 0 Å². The van der Waals surface area contributed by atoms with Crippen molar-refractivity contribution < 1.29 is 0 Å². The lowest BCUT2D eigenvalue weighted by Gasteiger charge is -2.33. The third-order valence-corrected chi connectivity index (χ3v) is 3.12. The van der Waals surface area contributed by atoms with Crippen molar-refractivity contribution in [1.82, 2.24) is 4.90 Å². The maximum absolute atomic E-state index is 5.19. The van der Waals surface area contributed by atoms with Crippen molar-refractivity contribution in [2.45, 2.75) is 26.7 Å². The van der Waals surface area contributed by atoms with E-state index in [1.54, 1.807) is 0 Å². The summed E-state index contributed by atoms with van der Waals surface area (Å²) in [7, 11) is 2.11. The molecule has 0 amide bonds. The summed E-state index contributed by atoms with van der Waals surface area (Å²) >= 11 is 5.19. The van der Waals surface area contributed by atoms with Gasteiger partial charge in [-0.2, -0.15) is 0 Å². The number of nitrogens with zero attached hydrogens (tertiary/aromatic N) is 1. The molecule has 0 aliphatic carbocycles. The normalized spacial score (nSPS) is 26.4. The number of piperidine rings is 1. The summed E-state index contributed by atoms with van der Waals surface area (Å²) in [6, 6.07) is 0. The second-order valence-corrected chi connectivity index (χ2v) is 4.29. The first-order valence-electron chi connectivity index (χ1n) is 4.35. The fourth-order valence-electron chi connectivity index (χ4n) is 1.59. The standard InChI is InChI=1S/C9H17NS/c1-7(2)8-4-5-9(11)10(3)6-8/h7-8H,4-6H2,1-3H3. The summed E-state index contributed by atoms with van der Waals surface area (Å²) in [5.74, 6) is 1.66. The van der Waals surface area contributed by atoms with Gasteiger partial charge >= 0.3 is 0 Å². The highest BCUT2D eigenvalue weighted by Crippen LogP contribution is 2.23. The molecule has 64 valence electrons. The lowest BCUT2D eigenvalue weighted by molar-refractivity contribution is 0.267. The van der Waals surface area contributed by atoms with Crippen LogP contribution < -0.4 is 0 Å². The lowest BCUT2D eigenvalue weighted by atomic mass is 9.88. The zero-order valence-electron chi connectivity index (χ0n) is 7.63. The largest absolute Gasteiger partial charge is 0.369 e. The third-order valence-electron chi connectivity index (χ3n) is 2.61. The van der Waals surface area contributed by atoms with Crippen LogP contribution in [0.5, 0.6) is 0 Å². The maximum Gasteiger partial charge on any atom is 0.0776 e. The average Bonchev–Trinajstić information content (AvgIpc) is 1.94. The van der Waals surface area contributed by atoms with E-state index in [4.69, 9.17) is 12.2 Å². The van der Waals surface area contributed by atoms with Gasteiger partial charge in [-0.15, -0.1) is 0 Å². The monoisotopic (exact) mass is 171 g/mol. The summed E-state index contributed by atoms with van der Waals surface area (Å²) in [4.78, 5) is 3.37. The van der Waals surface area contributed by atoms with Gasteiger partial charge in [-0.25, -0.2) is 0 Å². The van der Waals surface area contributed by atoms with E-state index in [-0.39, 0.29) is 0 Å². The van der Waals surface area contributed by atoms with Crippen molar-refractivity contribution in [1.29, 1.82) is 0 Å². The van der Waals surface area contributed by atoms with Gasteiger partial charge in [0.05, 0.1) is 4.99 Å². The number of likely N-dealkylation sites (tertiary alicyclic amines) is 1. The van der Waals surface area contributed by atoms with Crippen LogP contribution in [0.15, 0.2) is 0 Å². The molecule has 1 atom stereocenters. The zero-order valence-corrected chi connectivity index (χ0v) is 8.45. The van der Waals surface area contributed by atoms with Gasteiger partial charge in [0.1, 0.15) is 0 Å². The fraction of sp³-hybridized carbons (Fsp3) is 0.889.